The van der Waals surface area contributed by atoms with Crippen LogP contribution in [0.1, 0.15) is 32.7 Å². The lowest BCUT2D eigenvalue weighted by Gasteiger charge is -2.15. The Morgan fingerprint density at radius 3 is 2.19 bits per heavy atom. The highest BCUT2D eigenvalue weighted by Gasteiger charge is 2.22. The maximum Gasteiger partial charge on any atom is 0.256 e. The zero-order valence-corrected chi connectivity index (χ0v) is 19.0. The van der Waals surface area contributed by atoms with Crippen LogP contribution in [-0.4, -0.2) is 37.0 Å². The van der Waals surface area contributed by atoms with Crippen LogP contribution >= 0.6 is 11.6 Å². The molecule has 7 nitrogen and oxygen atoms in total. The van der Waals surface area contributed by atoms with E-state index in [-0.39, 0.29) is 12.5 Å². The molecule has 0 bridgehead atoms. The number of rotatable bonds is 8. The summed E-state index contributed by atoms with van der Waals surface area (Å²) in [5.41, 5.74) is 3.83. The number of carbonyl (C=O) groups is 1. The maximum absolute atomic E-state index is 12.9. The van der Waals surface area contributed by atoms with Gasteiger partial charge in [-0.25, -0.2) is 4.68 Å². The molecular formula is C23H26ClN3O4. The minimum Gasteiger partial charge on any atom is -0.496 e. The van der Waals surface area contributed by atoms with Gasteiger partial charge in [0.2, 0.25) is 0 Å². The van der Waals surface area contributed by atoms with Crippen LogP contribution < -0.4 is 19.5 Å². The third-order valence-electron chi connectivity index (χ3n) is 4.99. The van der Waals surface area contributed by atoms with Gasteiger partial charge in [0.05, 0.1) is 51.2 Å². The molecule has 2 aromatic carbocycles. The van der Waals surface area contributed by atoms with E-state index in [4.69, 9.17) is 25.8 Å². The van der Waals surface area contributed by atoms with Crippen LogP contribution in [0.5, 0.6) is 17.2 Å². The maximum atomic E-state index is 12.9. The lowest BCUT2D eigenvalue weighted by molar-refractivity contribution is 0.0950. The molecule has 0 fully saturated rings. The summed E-state index contributed by atoms with van der Waals surface area (Å²) >= 11 is 6.52. The predicted molar refractivity (Wildman–Crippen MR) is 120 cm³/mol. The van der Waals surface area contributed by atoms with Crippen LogP contribution in [0, 0.1) is 13.8 Å². The summed E-state index contributed by atoms with van der Waals surface area (Å²) < 4.78 is 17.8. The first-order chi connectivity index (χ1) is 14.9. The van der Waals surface area contributed by atoms with Gasteiger partial charge in [0.1, 0.15) is 22.4 Å². The fourth-order valence-corrected chi connectivity index (χ4v) is 3.61. The number of hydrogen-bond donors (Lipinski definition) is 1. The van der Waals surface area contributed by atoms with Gasteiger partial charge in [-0.05, 0) is 19.4 Å². The molecule has 0 radical (unpaired) electrons. The summed E-state index contributed by atoms with van der Waals surface area (Å²) in [4.78, 5) is 12.9. The lowest BCUT2D eigenvalue weighted by atomic mass is 10.1. The second-order valence-electron chi connectivity index (χ2n) is 7.09. The number of nitrogens with zero attached hydrogens (tertiary/aromatic N) is 2. The van der Waals surface area contributed by atoms with E-state index in [1.807, 2.05) is 31.2 Å². The Morgan fingerprint density at radius 2 is 1.65 bits per heavy atom. The highest BCUT2D eigenvalue weighted by atomic mass is 35.5. The van der Waals surface area contributed by atoms with Crippen molar-refractivity contribution in [2.75, 3.05) is 21.3 Å². The molecule has 0 saturated carbocycles. The van der Waals surface area contributed by atoms with Crippen molar-refractivity contribution in [3.63, 3.8) is 0 Å². The van der Waals surface area contributed by atoms with E-state index in [2.05, 4.69) is 10.4 Å². The normalized spacial score (nSPS) is 10.6. The number of methoxy groups -OCH3 is 3. The standard InChI is InChI=1S/C23H26ClN3O4/c1-14-6-8-16(9-7-14)13-27-22(24)21(15(2)26-27)23(28)25-12-18-19(30-4)10-17(29-3)11-20(18)31-5/h6-11H,12-13H2,1-5H3,(H,25,28). The minimum atomic E-state index is -0.322. The molecule has 1 aromatic heterocycles. The molecule has 0 aliphatic rings. The number of aryl methyl sites for hydroxylation is 2. The van der Waals surface area contributed by atoms with Crippen LogP contribution in [-0.2, 0) is 13.1 Å². The molecule has 31 heavy (non-hydrogen) atoms. The fraction of sp³-hybridized carbons (Fsp3) is 0.304. The van der Waals surface area contributed by atoms with E-state index in [1.54, 1.807) is 45.1 Å². The van der Waals surface area contributed by atoms with Gasteiger partial charge < -0.3 is 19.5 Å². The molecule has 0 aliphatic heterocycles. The molecule has 0 atom stereocenters. The lowest BCUT2D eigenvalue weighted by Crippen LogP contribution is -2.24. The fourth-order valence-electron chi connectivity index (χ4n) is 3.29. The quantitative estimate of drug-likeness (QED) is 0.566. The first-order valence-corrected chi connectivity index (χ1v) is 10.1. The Bertz CT molecular complexity index is 1050. The minimum absolute atomic E-state index is 0.189. The van der Waals surface area contributed by atoms with Gasteiger partial charge in [-0.15, -0.1) is 0 Å². The third-order valence-corrected chi connectivity index (χ3v) is 5.37. The molecule has 3 rings (SSSR count). The van der Waals surface area contributed by atoms with Gasteiger partial charge >= 0.3 is 0 Å². The van der Waals surface area contributed by atoms with Crippen molar-refractivity contribution in [2.45, 2.75) is 26.9 Å². The van der Waals surface area contributed by atoms with Crippen molar-refractivity contribution >= 4 is 17.5 Å². The highest BCUT2D eigenvalue weighted by Crippen LogP contribution is 2.34. The molecule has 1 amide bonds. The number of carbonyl (C=O) groups excluding carboxylic acids is 1. The summed E-state index contributed by atoms with van der Waals surface area (Å²) in [5.74, 6) is 1.38. The van der Waals surface area contributed by atoms with Crippen LogP contribution in [0.2, 0.25) is 5.15 Å². The summed E-state index contributed by atoms with van der Waals surface area (Å²) in [7, 11) is 4.67. The van der Waals surface area contributed by atoms with E-state index < -0.39 is 0 Å². The first kappa shape index (κ1) is 22.5. The highest BCUT2D eigenvalue weighted by molar-refractivity contribution is 6.33. The van der Waals surface area contributed by atoms with Gasteiger partial charge in [0.15, 0.2) is 0 Å². The largest absolute Gasteiger partial charge is 0.496 e. The van der Waals surface area contributed by atoms with Crippen molar-refractivity contribution in [2.24, 2.45) is 0 Å². The zero-order chi connectivity index (χ0) is 22.5. The van der Waals surface area contributed by atoms with Gasteiger partial charge in [0.25, 0.3) is 5.91 Å². The molecule has 164 valence electrons. The average molecular weight is 444 g/mol. The Kier molecular flexibility index (Phi) is 7.07. The molecule has 1 N–H and O–H groups in total. The van der Waals surface area contributed by atoms with Crippen molar-refractivity contribution in [1.82, 2.24) is 15.1 Å². The average Bonchev–Trinajstić information content (AvgIpc) is 3.05. The van der Waals surface area contributed by atoms with Crippen molar-refractivity contribution < 1.29 is 19.0 Å². The van der Waals surface area contributed by atoms with Crippen LogP contribution in [0.3, 0.4) is 0 Å². The molecule has 1 heterocycles. The van der Waals surface area contributed by atoms with E-state index in [9.17, 15) is 4.79 Å². The monoisotopic (exact) mass is 443 g/mol. The Labute approximate surface area is 186 Å². The summed E-state index contributed by atoms with van der Waals surface area (Å²) in [6.45, 7) is 4.46. The summed E-state index contributed by atoms with van der Waals surface area (Å²) in [6, 6.07) is 11.6. The topological polar surface area (TPSA) is 74.6 Å². The summed E-state index contributed by atoms with van der Waals surface area (Å²) in [6.07, 6.45) is 0. The molecule has 8 heteroatoms. The Morgan fingerprint density at radius 1 is 1.03 bits per heavy atom. The predicted octanol–water partition coefficient (Wildman–Crippen LogP) is 4.16. The van der Waals surface area contributed by atoms with Crippen molar-refractivity contribution in [3.8, 4) is 17.2 Å². The van der Waals surface area contributed by atoms with Crippen LogP contribution in [0.15, 0.2) is 36.4 Å². The first-order valence-electron chi connectivity index (χ1n) is 9.73. The smallest absolute Gasteiger partial charge is 0.256 e. The van der Waals surface area contributed by atoms with Crippen LogP contribution in [0.4, 0.5) is 0 Å². The molecular weight excluding hydrogens is 418 g/mol. The van der Waals surface area contributed by atoms with E-state index in [1.165, 1.54) is 5.56 Å². The summed E-state index contributed by atoms with van der Waals surface area (Å²) in [5, 5.41) is 7.64. The number of nitrogens with one attached hydrogen (secondary N) is 1. The molecule has 0 saturated heterocycles. The molecule has 0 aliphatic carbocycles. The van der Waals surface area contributed by atoms with Crippen molar-refractivity contribution in [1.29, 1.82) is 0 Å². The number of ether oxygens (including phenoxy) is 3. The Balaban J connectivity index is 1.80. The Hall–Kier alpha value is -3.19. The van der Waals surface area contributed by atoms with Gasteiger partial charge in [-0.3, -0.25) is 4.79 Å². The van der Waals surface area contributed by atoms with E-state index in [0.717, 1.165) is 5.56 Å². The van der Waals surface area contributed by atoms with E-state index in [0.29, 0.717) is 45.8 Å². The number of benzene rings is 2. The molecule has 0 spiro atoms. The van der Waals surface area contributed by atoms with E-state index >= 15 is 0 Å². The zero-order valence-electron chi connectivity index (χ0n) is 18.3. The van der Waals surface area contributed by atoms with Gasteiger partial charge in [0, 0.05) is 12.1 Å². The number of amides is 1. The SMILES string of the molecule is COc1cc(OC)c(CNC(=O)c2c(C)nn(Cc3ccc(C)cc3)c2Cl)c(OC)c1. The van der Waals surface area contributed by atoms with Crippen molar-refractivity contribution in [3.05, 3.63) is 69.5 Å². The van der Waals surface area contributed by atoms with Gasteiger partial charge in [-0.1, -0.05) is 41.4 Å². The number of aromatic nitrogens is 2. The molecule has 3 aromatic rings. The van der Waals surface area contributed by atoms with Crippen LogP contribution in [0.25, 0.3) is 0 Å². The number of halogens is 1. The second-order valence-corrected chi connectivity index (χ2v) is 7.45. The third kappa shape index (κ3) is 4.94. The second kappa shape index (κ2) is 9.75. The number of hydrogen-bond acceptors (Lipinski definition) is 5. The van der Waals surface area contributed by atoms with Gasteiger partial charge in [-0.2, -0.15) is 5.10 Å². The molecule has 0 unspecified atom stereocenters.